The van der Waals surface area contributed by atoms with Crippen molar-refractivity contribution < 1.29 is 13.3 Å². The smallest absolute Gasteiger partial charge is 0.170 e. The number of sulfone groups is 1. The van der Waals surface area contributed by atoms with E-state index in [1.165, 1.54) is 11.3 Å². The molecule has 0 aromatic heterocycles. The summed E-state index contributed by atoms with van der Waals surface area (Å²) in [4.78, 5) is 5.58. The van der Waals surface area contributed by atoms with Crippen molar-refractivity contribution in [3.05, 3.63) is 29.3 Å². The number of para-hydroxylation sites is 1. The van der Waals surface area contributed by atoms with Gasteiger partial charge in [-0.15, -0.1) is 0 Å². The van der Waals surface area contributed by atoms with Gasteiger partial charge in [-0.2, -0.15) is 0 Å². The third kappa shape index (κ3) is 2.96. The number of hydrogen-bond donors (Lipinski definition) is 0. The number of benzene rings is 1. The predicted molar refractivity (Wildman–Crippen MR) is 72.4 cm³/mol. The summed E-state index contributed by atoms with van der Waals surface area (Å²) in [6.07, 6.45) is 3.48. The molecule has 4 nitrogen and oxygen atoms in total. The van der Waals surface area contributed by atoms with Crippen LogP contribution >= 0.6 is 11.6 Å². The molecule has 1 aromatic rings. The normalized spacial score (nSPS) is 21.7. The Morgan fingerprint density at radius 3 is 2.72 bits per heavy atom. The summed E-state index contributed by atoms with van der Waals surface area (Å²) in [5, 5.41) is 1.28. The molecule has 0 radical (unpaired) electrons. The standard InChI is InChI=1S/C12H16ClNO3S/c1-18(15,16)12-8-4-5-9-17-14(12)11-7-3-2-6-10(11)13/h2-3,6-7,12H,4-5,8-9H2,1H3. The molecule has 0 saturated carbocycles. The zero-order chi connectivity index (χ0) is 13.2. The third-order valence-corrected chi connectivity index (χ3v) is 4.66. The van der Waals surface area contributed by atoms with Crippen LogP contribution < -0.4 is 5.06 Å². The van der Waals surface area contributed by atoms with Gasteiger partial charge in [-0.05, 0) is 31.4 Å². The second kappa shape index (κ2) is 5.47. The van der Waals surface area contributed by atoms with Crippen molar-refractivity contribution in [1.82, 2.24) is 0 Å². The molecule has 0 N–H and O–H groups in total. The highest BCUT2D eigenvalue weighted by Crippen LogP contribution is 2.31. The van der Waals surface area contributed by atoms with Gasteiger partial charge in [-0.1, -0.05) is 23.7 Å². The second-order valence-corrected chi connectivity index (χ2v) is 7.00. The van der Waals surface area contributed by atoms with Crippen LogP contribution in [0.3, 0.4) is 0 Å². The lowest BCUT2D eigenvalue weighted by molar-refractivity contribution is 0.112. The zero-order valence-electron chi connectivity index (χ0n) is 10.2. The summed E-state index contributed by atoms with van der Waals surface area (Å²) >= 11 is 6.11. The summed E-state index contributed by atoms with van der Waals surface area (Å²) < 4.78 is 23.7. The Bertz CT molecular complexity index is 518. The van der Waals surface area contributed by atoms with Crippen molar-refractivity contribution in [2.75, 3.05) is 17.9 Å². The molecular formula is C12H16ClNO3S. The molecule has 1 aliphatic heterocycles. The maximum atomic E-state index is 11.9. The van der Waals surface area contributed by atoms with Crippen molar-refractivity contribution in [2.24, 2.45) is 0 Å². The quantitative estimate of drug-likeness (QED) is 0.840. The van der Waals surface area contributed by atoms with E-state index in [4.69, 9.17) is 16.4 Å². The largest absolute Gasteiger partial charge is 0.272 e. The number of nitrogens with zero attached hydrogens (tertiary/aromatic N) is 1. The first kappa shape index (κ1) is 13.6. The molecule has 0 aliphatic carbocycles. The Morgan fingerprint density at radius 1 is 1.33 bits per heavy atom. The van der Waals surface area contributed by atoms with Crippen LogP contribution in [0.15, 0.2) is 24.3 Å². The first-order valence-corrected chi connectivity index (χ1v) is 8.19. The Hall–Kier alpha value is -0.780. The third-order valence-electron chi connectivity index (χ3n) is 2.92. The van der Waals surface area contributed by atoms with Gasteiger partial charge in [0.05, 0.1) is 17.3 Å². The molecule has 1 heterocycles. The van der Waals surface area contributed by atoms with E-state index in [1.807, 2.05) is 6.07 Å². The van der Waals surface area contributed by atoms with Crippen LogP contribution in [0.4, 0.5) is 5.69 Å². The van der Waals surface area contributed by atoms with E-state index >= 15 is 0 Å². The van der Waals surface area contributed by atoms with Gasteiger partial charge in [-0.3, -0.25) is 4.84 Å². The lowest BCUT2D eigenvalue weighted by Gasteiger charge is -2.29. The van der Waals surface area contributed by atoms with E-state index in [0.29, 0.717) is 23.7 Å². The number of anilines is 1. The van der Waals surface area contributed by atoms with Gasteiger partial charge < -0.3 is 0 Å². The fraction of sp³-hybridized carbons (Fsp3) is 0.500. The van der Waals surface area contributed by atoms with Gasteiger partial charge in [0.2, 0.25) is 0 Å². The predicted octanol–water partition coefficient (Wildman–Crippen LogP) is 2.63. The summed E-state index contributed by atoms with van der Waals surface area (Å²) in [5.41, 5.74) is 0.608. The van der Waals surface area contributed by atoms with Crippen molar-refractivity contribution in [3.8, 4) is 0 Å². The van der Waals surface area contributed by atoms with E-state index in [1.54, 1.807) is 18.2 Å². The van der Waals surface area contributed by atoms with Gasteiger partial charge in [0.1, 0.15) is 0 Å². The Kier molecular flexibility index (Phi) is 4.14. The Balaban J connectivity index is 2.41. The second-order valence-electron chi connectivity index (χ2n) is 4.39. The molecule has 1 aromatic carbocycles. The first-order valence-electron chi connectivity index (χ1n) is 5.85. The Labute approximate surface area is 112 Å². The molecule has 2 rings (SSSR count). The van der Waals surface area contributed by atoms with Crippen LogP contribution in [0.1, 0.15) is 19.3 Å². The number of hydrogen-bond acceptors (Lipinski definition) is 4. The SMILES string of the molecule is CS(=O)(=O)C1CCCCON1c1ccccc1Cl. The molecule has 100 valence electrons. The van der Waals surface area contributed by atoms with Crippen LogP contribution in [0, 0.1) is 0 Å². The highest BCUT2D eigenvalue weighted by molar-refractivity contribution is 7.91. The summed E-state index contributed by atoms with van der Waals surface area (Å²) in [7, 11) is -3.22. The first-order chi connectivity index (χ1) is 8.50. The summed E-state index contributed by atoms with van der Waals surface area (Å²) in [5.74, 6) is 0. The molecule has 0 spiro atoms. The average molecular weight is 290 g/mol. The minimum atomic E-state index is -3.22. The topological polar surface area (TPSA) is 46.6 Å². The zero-order valence-corrected chi connectivity index (χ0v) is 11.7. The Morgan fingerprint density at radius 2 is 2.06 bits per heavy atom. The fourth-order valence-electron chi connectivity index (χ4n) is 2.03. The molecule has 6 heteroatoms. The minimum Gasteiger partial charge on any atom is -0.272 e. The van der Waals surface area contributed by atoms with Crippen LogP contribution in [0.2, 0.25) is 5.02 Å². The molecule has 1 fully saturated rings. The molecule has 0 amide bonds. The van der Waals surface area contributed by atoms with Gasteiger partial charge in [0, 0.05) is 6.26 Å². The average Bonchev–Trinajstić information content (AvgIpc) is 2.54. The van der Waals surface area contributed by atoms with Gasteiger partial charge in [0.25, 0.3) is 0 Å². The summed E-state index contributed by atoms with van der Waals surface area (Å²) in [6.45, 7) is 0.511. The van der Waals surface area contributed by atoms with Gasteiger partial charge >= 0.3 is 0 Å². The van der Waals surface area contributed by atoms with Crippen LogP contribution in [-0.2, 0) is 14.7 Å². The van der Waals surface area contributed by atoms with E-state index in [2.05, 4.69) is 0 Å². The van der Waals surface area contributed by atoms with Crippen molar-refractivity contribution in [1.29, 1.82) is 0 Å². The molecule has 1 unspecified atom stereocenters. The van der Waals surface area contributed by atoms with Crippen molar-refractivity contribution >= 4 is 27.1 Å². The van der Waals surface area contributed by atoms with Crippen molar-refractivity contribution in [3.63, 3.8) is 0 Å². The van der Waals surface area contributed by atoms with Crippen LogP contribution in [0.5, 0.6) is 0 Å². The van der Waals surface area contributed by atoms with Crippen LogP contribution in [-0.4, -0.2) is 26.7 Å². The van der Waals surface area contributed by atoms with E-state index in [9.17, 15) is 8.42 Å². The molecule has 1 atom stereocenters. The molecular weight excluding hydrogens is 274 g/mol. The molecule has 18 heavy (non-hydrogen) atoms. The number of halogens is 1. The monoisotopic (exact) mass is 289 g/mol. The minimum absolute atomic E-state index is 0.494. The lowest BCUT2D eigenvalue weighted by atomic mass is 10.2. The van der Waals surface area contributed by atoms with Crippen molar-refractivity contribution in [2.45, 2.75) is 24.6 Å². The molecule has 0 bridgehead atoms. The number of rotatable bonds is 2. The molecule has 1 saturated heterocycles. The maximum Gasteiger partial charge on any atom is 0.170 e. The van der Waals surface area contributed by atoms with E-state index in [0.717, 1.165) is 12.8 Å². The number of hydroxylamine groups is 1. The van der Waals surface area contributed by atoms with Gasteiger partial charge in [0.15, 0.2) is 15.2 Å². The van der Waals surface area contributed by atoms with E-state index < -0.39 is 15.2 Å². The van der Waals surface area contributed by atoms with Gasteiger partial charge in [-0.25, -0.2) is 13.5 Å². The lowest BCUT2D eigenvalue weighted by Crippen LogP contribution is -2.40. The maximum absolute atomic E-state index is 11.9. The fourth-order valence-corrected chi connectivity index (χ4v) is 3.36. The molecule has 1 aliphatic rings. The summed E-state index contributed by atoms with van der Waals surface area (Å²) in [6, 6.07) is 7.12. The highest BCUT2D eigenvalue weighted by Gasteiger charge is 2.31. The highest BCUT2D eigenvalue weighted by atomic mass is 35.5. The van der Waals surface area contributed by atoms with Crippen LogP contribution in [0.25, 0.3) is 0 Å². The van der Waals surface area contributed by atoms with E-state index in [-0.39, 0.29) is 0 Å².